The van der Waals surface area contributed by atoms with E-state index >= 15 is 0 Å². The van der Waals surface area contributed by atoms with E-state index in [-0.39, 0.29) is 11.8 Å². The zero-order valence-electron chi connectivity index (χ0n) is 12.2. The molecule has 0 radical (unpaired) electrons. The lowest BCUT2D eigenvalue weighted by atomic mass is 9.90. The number of anilines is 1. The van der Waals surface area contributed by atoms with Crippen LogP contribution in [0.15, 0.2) is 22.7 Å². The van der Waals surface area contributed by atoms with Crippen molar-refractivity contribution in [2.45, 2.75) is 45.2 Å². The van der Waals surface area contributed by atoms with Gasteiger partial charge in [0.05, 0.1) is 15.2 Å². The van der Waals surface area contributed by atoms with Crippen LogP contribution in [-0.4, -0.2) is 23.4 Å². The van der Waals surface area contributed by atoms with E-state index in [0.29, 0.717) is 28.0 Å². The maximum absolute atomic E-state index is 12.9. The summed E-state index contributed by atoms with van der Waals surface area (Å²) in [5.41, 5.74) is -0.251. The highest BCUT2D eigenvalue weighted by molar-refractivity contribution is 9.10. The molecule has 2 rings (SSSR count). The van der Waals surface area contributed by atoms with E-state index in [1.165, 1.54) is 0 Å². The number of carbonyl (C=O) groups is 2. The molecule has 2 amide bonds. The van der Waals surface area contributed by atoms with Crippen molar-refractivity contribution in [3.63, 3.8) is 0 Å². The Morgan fingerprint density at radius 2 is 2.05 bits per heavy atom. The van der Waals surface area contributed by atoms with Gasteiger partial charge < -0.3 is 5.32 Å². The third-order valence-corrected chi connectivity index (χ3v) is 5.37. The van der Waals surface area contributed by atoms with Gasteiger partial charge in [-0.1, -0.05) is 31.5 Å². The molecule has 21 heavy (non-hydrogen) atoms. The number of rotatable bonds is 3. The van der Waals surface area contributed by atoms with Gasteiger partial charge in [0.2, 0.25) is 5.91 Å². The molecule has 0 aromatic heterocycles. The molecule has 114 valence electrons. The molecular weight excluding hydrogens is 356 g/mol. The molecule has 2 unspecified atom stereocenters. The second-order valence-corrected chi connectivity index (χ2v) is 6.55. The minimum Gasteiger partial charge on any atom is -0.340 e. The predicted molar refractivity (Wildman–Crippen MR) is 87.6 cm³/mol. The quantitative estimate of drug-likeness (QED) is 0.881. The van der Waals surface area contributed by atoms with Crippen molar-refractivity contribution in [3.05, 3.63) is 27.7 Å². The van der Waals surface area contributed by atoms with Crippen molar-refractivity contribution in [1.82, 2.24) is 5.32 Å². The molecule has 1 fully saturated rings. The van der Waals surface area contributed by atoms with Crippen molar-refractivity contribution < 1.29 is 9.59 Å². The van der Waals surface area contributed by atoms with Gasteiger partial charge in [-0.2, -0.15) is 0 Å². The lowest BCUT2D eigenvalue weighted by Gasteiger charge is -2.44. The Labute approximate surface area is 138 Å². The minimum atomic E-state index is -0.884. The Morgan fingerprint density at radius 1 is 1.38 bits per heavy atom. The van der Waals surface area contributed by atoms with Gasteiger partial charge in [0.25, 0.3) is 5.91 Å². The van der Waals surface area contributed by atoms with Crippen LogP contribution in [0.2, 0.25) is 5.02 Å². The molecule has 0 saturated carbocycles. The standard InChI is InChI=1S/C15H18BrClN2O2/c1-4-10-13(20)18-15(3,5-2)14(21)19(10)11-8-6-7-9(17)12(11)16/h6-8,10H,4-5H2,1-3H3,(H,18,20). The van der Waals surface area contributed by atoms with E-state index in [4.69, 9.17) is 11.6 Å². The highest BCUT2D eigenvalue weighted by Crippen LogP contribution is 2.37. The molecule has 1 aromatic rings. The van der Waals surface area contributed by atoms with Crippen molar-refractivity contribution in [2.75, 3.05) is 4.90 Å². The third kappa shape index (κ3) is 2.69. The third-order valence-electron chi connectivity index (χ3n) is 3.99. The lowest BCUT2D eigenvalue weighted by molar-refractivity contribution is -0.138. The summed E-state index contributed by atoms with van der Waals surface area (Å²) in [6.07, 6.45) is 1.07. The zero-order chi connectivity index (χ0) is 15.8. The van der Waals surface area contributed by atoms with E-state index in [1.807, 2.05) is 13.8 Å². The van der Waals surface area contributed by atoms with Crippen molar-refractivity contribution in [1.29, 1.82) is 0 Å². The Balaban J connectivity index is 2.58. The molecule has 1 N–H and O–H groups in total. The van der Waals surface area contributed by atoms with E-state index in [2.05, 4.69) is 21.2 Å². The van der Waals surface area contributed by atoms with Crippen molar-refractivity contribution in [3.8, 4) is 0 Å². The number of nitrogens with one attached hydrogen (secondary N) is 1. The summed E-state index contributed by atoms with van der Waals surface area (Å²) in [4.78, 5) is 26.8. The number of halogens is 2. The SMILES string of the molecule is CCC1C(=O)NC(C)(CC)C(=O)N1c1cccc(Cl)c1Br. The van der Waals surface area contributed by atoms with Crippen LogP contribution in [0, 0.1) is 0 Å². The first-order valence-corrected chi connectivity index (χ1v) is 8.12. The molecule has 1 heterocycles. The van der Waals surface area contributed by atoms with Crippen LogP contribution in [0.25, 0.3) is 0 Å². The Kier molecular flexibility index (Phi) is 4.63. The first kappa shape index (κ1) is 16.3. The molecular formula is C15H18BrClN2O2. The summed E-state index contributed by atoms with van der Waals surface area (Å²) in [7, 11) is 0. The maximum atomic E-state index is 12.9. The van der Waals surface area contributed by atoms with E-state index in [1.54, 1.807) is 30.0 Å². The average molecular weight is 374 g/mol. The summed E-state index contributed by atoms with van der Waals surface area (Å²) < 4.78 is 0.631. The van der Waals surface area contributed by atoms with Crippen LogP contribution in [0.4, 0.5) is 5.69 Å². The van der Waals surface area contributed by atoms with Gasteiger partial charge in [-0.15, -0.1) is 0 Å². The Hall–Kier alpha value is -1.07. The number of carbonyl (C=O) groups excluding carboxylic acids is 2. The summed E-state index contributed by atoms with van der Waals surface area (Å²) in [5.74, 6) is -0.243. The lowest BCUT2D eigenvalue weighted by Crippen LogP contribution is -2.69. The first-order chi connectivity index (χ1) is 9.85. The molecule has 1 aliphatic rings. The number of hydrogen-bond donors (Lipinski definition) is 1. The number of hydrogen-bond acceptors (Lipinski definition) is 2. The van der Waals surface area contributed by atoms with E-state index < -0.39 is 11.6 Å². The fraction of sp³-hybridized carbons (Fsp3) is 0.467. The predicted octanol–water partition coefficient (Wildman–Crippen LogP) is 3.51. The van der Waals surface area contributed by atoms with Crippen LogP contribution in [0.1, 0.15) is 33.6 Å². The smallest absolute Gasteiger partial charge is 0.253 e. The number of amides is 2. The number of nitrogens with zero attached hydrogens (tertiary/aromatic N) is 1. The first-order valence-electron chi connectivity index (χ1n) is 6.95. The summed E-state index contributed by atoms with van der Waals surface area (Å²) in [6, 6.07) is 4.79. The van der Waals surface area contributed by atoms with Gasteiger partial charge >= 0.3 is 0 Å². The summed E-state index contributed by atoms with van der Waals surface area (Å²) in [6.45, 7) is 5.53. The summed E-state index contributed by atoms with van der Waals surface area (Å²) >= 11 is 9.55. The molecule has 1 aliphatic heterocycles. The second-order valence-electron chi connectivity index (χ2n) is 5.35. The van der Waals surface area contributed by atoms with Gasteiger partial charge in [0.1, 0.15) is 11.6 Å². The molecule has 0 aliphatic carbocycles. The maximum Gasteiger partial charge on any atom is 0.253 e. The molecule has 0 spiro atoms. The van der Waals surface area contributed by atoms with E-state index in [0.717, 1.165) is 0 Å². The number of benzene rings is 1. The van der Waals surface area contributed by atoms with Gasteiger partial charge in [-0.05, 0) is 47.8 Å². The van der Waals surface area contributed by atoms with Crippen LogP contribution in [0.5, 0.6) is 0 Å². The van der Waals surface area contributed by atoms with Crippen LogP contribution < -0.4 is 10.2 Å². The summed E-state index contributed by atoms with van der Waals surface area (Å²) in [5, 5.41) is 3.36. The topological polar surface area (TPSA) is 49.4 Å². The van der Waals surface area contributed by atoms with Crippen LogP contribution in [-0.2, 0) is 9.59 Å². The molecule has 2 atom stereocenters. The van der Waals surface area contributed by atoms with Crippen LogP contribution in [0.3, 0.4) is 0 Å². The monoisotopic (exact) mass is 372 g/mol. The largest absolute Gasteiger partial charge is 0.340 e. The van der Waals surface area contributed by atoms with Gasteiger partial charge in [-0.3, -0.25) is 14.5 Å². The van der Waals surface area contributed by atoms with Crippen LogP contribution >= 0.6 is 27.5 Å². The van der Waals surface area contributed by atoms with Crippen molar-refractivity contribution in [2.24, 2.45) is 0 Å². The van der Waals surface area contributed by atoms with E-state index in [9.17, 15) is 9.59 Å². The van der Waals surface area contributed by atoms with Gasteiger partial charge in [-0.25, -0.2) is 0 Å². The fourth-order valence-electron chi connectivity index (χ4n) is 2.50. The zero-order valence-corrected chi connectivity index (χ0v) is 14.6. The highest BCUT2D eigenvalue weighted by Gasteiger charge is 2.47. The fourth-order valence-corrected chi connectivity index (χ4v) is 3.12. The molecule has 1 aromatic carbocycles. The highest BCUT2D eigenvalue weighted by atomic mass is 79.9. The molecule has 4 nitrogen and oxygen atoms in total. The van der Waals surface area contributed by atoms with Gasteiger partial charge in [0, 0.05) is 0 Å². The Bertz CT molecular complexity index is 593. The molecule has 1 saturated heterocycles. The van der Waals surface area contributed by atoms with Crippen molar-refractivity contribution >= 4 is 45.0 Å². The Morgan fingerprint density at radius 3 is 2.62 bits per heavy atom. The normalized spacial score (nSPS) is 26.0. The van der Waals surface area contributed by atoms with Gasteiger partial charge in [0.15, 0.2) is 0 Å². The average Bonchev–Trinajstić information content (AvgIpc) is 2.46. The second kappa shape index (κ2) is 5.97. The number of piperazine rings is 1. The molecule has 0 bridgehead atoms. The molecule has 6 heteroatoms. The minimum absolute atomic E-state index is 0.112.